The van der Waals surface area contributed by atoms with E-state index in [4.69, 9.17) is 11.6 Å². The van der Waals surface area contributed by atoms with Crippen LogP contribution in [-0.2, 0) is 10.0 Å². The smallest absolute Gasteiger partial charge is 0.243 e. The molecule has 0 spiro atoms. The summed E-state index contributed by atoms with van der Waals surface area (Å²) < 4.78 is 39.7. The third-order valence-corrected chi connectivity index (χ3v) is 4.93. The van der Waals surface area contributed by atoms with Gasteiger partial charge in [-0.1, -0.05) is 17.7 Å². The highest BCUT2D eigenvalue weighted by Crippen LogP contribution is 2.22. The van der Waals surface area contributed by atoms with Gasteiger partial charge >= 0.3 is 0 Å². The molecule has 0 aromatic heterocycles. The van der Waals surface area contributed by atoms with E-state index in [-0.39, 0.29) is 11.6 Å². The van der Waals surface area contributed by atoms with Gasteiger partial charge in [-0.05, 0) is 25.3 Å². The number of sulfonamides is 1. The van der Waals surface area contributed by atoms with Crippen LogP contribution in [0.4, 0.5) is 4.39 Å². The highest BCUT2D eigenvalue weighted by Gasteiger charge is 2.26. The van der Waals surface area contributed by atoms with Crippen molar-refractivity contribution in [2.75, 3.05) is 18.6 Å². The predicted molar refractivity (Wildman–Crippen MR) is 75.6 cm³/mol. The average molecular weight is 328 g/mol. The number of hydrogen-bond donors (Lipinski definition) is 2. The van der Waals surface area contributed by atoms with Gasteiger partial charge in [0.15, 0.2) is 5.82 Å². The van der Waals surface area contributed by atoms with E-state index >= 15 is 0 Å². The number of benzene rings is 1. The fourth-order valence-corrected chi connectivity index (χ4v) is 3.60. The summed E-state index contributed by atoms with van der Waals surface area (Å²) >= 11 is 6.92. The van der Waals surface area contributed by atoms with E-state index in [0.29, 0.717) is 5.75 Å². The molecule has 0 aliphatic carbocycles. The number of nitrogens with one attached hydrogen (secondary N) is 1. The van der Waals surface area contributed by atoms with Gasteiger partial charge < -0.3 is 5.11 Å². The molecular weight excluding hydrogens is 313 g/mol. The molecule has 2 N–H and O–H groups in total. The van der Waals surface area contributed by atoms with Crippen LogP contribution in [0.2, 0.25) is 5.02 Å². The van der Waals surface area contributed by atoms with Crippen LogP contribution in [-0.4, -0.2) is 37.7 Å². The Kier molecular flexibility index (Phi) is 5.64. The van der Waals surface area contributed by atoms with Crippen LogP contribution in [0.1, 0.15) is 6.92 Å². The van der Waals surface area contributed by atoms with E-state index in [0.717, 1.165) is 6.07 Å². The quantitative estimate of drug-likeness (QED) is 0.837. The summed E-state index contributed by atoms with van der Waals surface area (Å²) in [5, 5.41) is 9.62. The Morgan fingerprint density at radius 3 is 2.74 bits per heavy atom. The molecule has 0 bridgehead atoms. The molecule has 0 fully saturated rings. The highest BCUT2D eigenvalue weighted by atomic mass is 35.5. The van der Waals surface area contributed by atoms with Crippen molar-refractivity contribution in [2.24, 2.45) is 0 Å². The van der Waals surface area contributed by atoms with Crippen molar-refractivity contribution in [3.05, 3.63) is 29.0 Å². The topological polar surface area (TPSA) is 66.4 Å². The molecule has 8 heteroatoms. The van der Waals surface area contributed by atoms with Crippen LogP contribution < -0.4 is 4.72 Å². The van der Waals surface area contributed by atoms with Crippen LogP contribution in [0.15, 0.2) is 23.1 Å². The molecule has 4 nitrogen and oxygen atoms in total. The Balaban J connectivity index is 2.91. The van der Waals surface area contributed by atoms with Crippen LogP contribution in [0.3, 0.4) is 0 Å². The van der Waals surface area contributed by atoms with Gasteiger partial charge in [-0.3, -0.25) is 0 Å². The van der Waals surface area contributed by atoms with E-state index in [1.54, 1.807) is 6.26 Å². The van der Waals surface area contributed by atoms with Crippen LogP contribution in [0.25, 0.3) is 0 Å². The SMILES string of the molecule is CSCC(C)(O)CNS(=O)(=O)c1cccc(Cl)c1F. The Bertz CT molecular complexity index is 549. The van der Waals surface area contributed by atoms with Crippen LogP contribution >= 0.6 is 23.4 Å². The second-order valence-electron chi connectivity index (χ2n) is 4.31. The molecule has 0 heterocycles. The van der Waals surface area contributed by atoms with E-state index in [1.807, 2.05) is 0 Å². The molecule has 108 valence electrons. The second-order valence-corrected chi connectivity index (χ2v) is 7.32. The maximum absolute atomic E-state index is 13.6. The highest BCUT2D eigenvalue weighted by molar-refractivity contribution is 7.98. The van der Waals surface area contributed by atoms with E-state index < -0.39 is 26.3 Å². The van der Waals surface area contributed by atoms with Gasteiger partial charge in [-0.2, -0.15) is 11.8 Å². The van der Waals surface area contributed by atoms with Gasteiger partial charge in [-0.15, -0.1) is 0 Å². The van der Waals surface area contributed by atoms with Crippen molar-refractivity contribution in [3.63, 3.8) is 0 Å². The molecule has 1 aromatic carbocycles. The number of thioether (sulfide) groups is 1. The van der Waals surface area contributed by atoms with Crippen LogP contribution in [0.5, 0.6) is 0 Å². The van der Waals surface area contributed by atoms with Gasteiger partial charge in [0.25, 0.3) is 0 Å². The first kappa shape index (κ1) is 16.7. The minimum atomic E-state index is -4.04. The molecule has 0 saturated heterocycles. The van der Waals surface area contributed by atoms with Crippen molar-refractivity contribution in [2.45, 2.75) is 17.4 Å². The number of hydrogen-bond acceptors (Lipinski definition) is 4. The third-order valence-electron chi connectivity index (χ3n) is 2.30. The Morgan fingerprint density at radius 1 is 1.53 bits per heavy atom. The molecule has 1 aromatic rings. The first-order valence-electron chi connectivity index (χ1n) is 5.34. The summed E-state index contributed by atoms with van der Waals surface area (Å²) in [5.41, 5.74) is -1.21. The van der Waals surface area contributed by atoms with Gasteiger partial charge in [0, 0.05) is 12.3 Å². The zero-order chi connectivity index (χ0) is 14.7. The van der Waals surface area contributed by atoms with Gasteiger partial charge in [0.1, 0.15) is 4.90 Å². The number of rotatable bonds is 6. The molecular formula is C11H15ClFNO3S2. The first-order valence-corrected chi connectivity index (χ1v) is 8.60. The first-order chi connectivity index (χ1) is 8.69. The Labute approximate surface area is 121 Å². The lowest BCUT2D eigenvalue weighted by Gasteiger charge is -2.22. The predicted octanol–water partition coefficient (Wildman–Crippen LogP) is 1.87. The summed E-state index contributed by atoms with van der Waals surface area (Å²) in [6.07, 6.45) is 1.79. The van der Waals surface area contributed by atoms with Gasteiger partial charge in [0.05, 0.1) is 10.6 Å². The lowest BCUT2D eigenvalue weighted by atomic mass is 10.1. The summed E-state index contributed by atoms with van der Waals surface area (Å²) in [6, 6.07) is 3.73. The Hall–Kier alpha value is -0.340. The summed E-state index contributed by atoms with van der Waals surface area (Å²) in [7, 11) is -4.04. The molecule has 1 atom stereocenters. The van der Waals surface area contributed by atoms with E-state index in [9.17, 15) is 17.9 Å². The molecule has 0 aliphatic rings. The molecule has 1 unspecified atom stereocenters. The van der Waals surface area contributed by atoms with Crippen LogP contribution in [0, 0.1) is 5.82 Å². The van der Waals surface area contributed by atoms with Crippen molar-refractivity contribution in [3.8, 4) is 0 Å². The monoisotopic (exact) mass is 327 g/mol. The lowest BCUT2D eigenvalue weighted by molar-refractivity contribution is 0.0908. The lowest BCUT2D eigenvalue weighted by Crippen LogP contribution is -2.42. The van der Waals surface area contributed by atoms with Crippen molar-refractivity contribution in [1.29, 1.82) is 0 Å². The molecule has 0 saturated carbocycles. The normalized spacial score (nSPS) is 15.2. The average Bonchev–Trinajstić information content (AvgIpc) is 2.30. The fourth-order valence-electron chi connectivity index (χ4n) is 1.38. The van der Waals surface area contributed by atoms with Crippen molar-refractivity contribution in [1.82, 2.24) is 4.72 Å². The molecule has 0 amide bonds. The summed E-state index contributed by atoms with van der Waals surface area (Å²) in [5.74, 6) is -0.644. The van der Waals surface area contributed by atoms with E-state index in [1.165, 1.54) is 30.8 Å². The van der Waals surface area contributed by atoms with E-state index in [2.05, 4.69) is 4.72 Å². The molecule has 0 aliphatic heterocycles. The maximum Gasteiger partial charge on any atom is 0.243 e. The fraction of sp³-hybridized carbons (Fsp3) is 0.455. The van der Waals surface area contributed by atoms with Gasteiger partial charge in [-0.25, -0.2) is 17.5 Å². The second kappa shape index (κ2) is 6.41. The summed E-state index contributed by atoms with van der Waals surface area (Å²) in [6.45, 7) is 1.29. The molecule has 0 radical (unpaired) electrons. The molecule has 19 heavy (non-hydrogen) atoms. The largest absolute Gasteiger partial charge is 0.388 e. The minimum absolute atomic E-state index is 0.206. The standard InChI is InChI=1S/C11H15ClFNO3S2/c1-11(15,7-18-2)6-14-19(16,17)9-5-3-4-8(12)10(9)13/h3-5,14-15H,6-7H2,1-2H3. The van der Waals surface area contributed by atoms with Crippen molar-refractivity contribution >= 4 is 33.4 Å². The maximum atomic E-state index is 13.6. The van der Waals surface area contributed by atoms with Gasteiger partial charge in [0.2, 0.25) is 10.0 Å². The zero-order valence-corrected chi connectivity index (χ0v) is 12.9. The number of aliphatic hydroxyl groups is 1. The number of halogens is 2. The summed E-state index contributed by atoms with van der Waals surface area (Å²) in [4.78, 5) is -0.528. The zero-order valence-electron chi connectivity index (χ0n) is 10.5. The minimum Gasteiger partial charge on any atom is -0.388 e. The third kappa shape index (κ3) is 4.61. The van der Waals surface area contributed by atoms with Crippen molar-refractivity contribution < 1.29 is 17.9 Å². The molecule has 1 rings (SSSR count). The Morgan fingerprint density at radius 2 is 2.16 bits per heavy atom.